The summed E-state index contributed by atoms with van der Waals surface area (Å²) in [6.45, 7) is -1.37. The van der Waals surface area contributed by atoms with Gasteiger partial charge in [-0.15, -0.1) is 0 Å². The number of alkyl halides is 6. The zero-order valence-electron chi connectivity index (χ0n) is 9.85. The third kappa shape index (κ3) is 4.15. The minimum absolute atomic E-state index is 0.684. The van der Waals surface area contributed by atoms with E-state index in [0.29, 0.717) is 0 Å². The van der Waals surface area contributed by atoms with E-state index in [0.717, 1.165) is 0 Å². The Labute approximate surface area is 112 Å². The van der Waals surface area contributed by atoms with E-state index >= 15 is 0 Å². The van der Waals surface area contributed by atoms with Crippen molar-refractivity contribution in [3.8, 4) is 0 Å². The van der Waals surface area contributed by atoms with E-state index < -0.39 is 50.7 Å². The van der Waals surface area contributed by atoms with E-state index in [2.05, 4.69) is 33.8 Å². The molecule has 0 radical (unpaired) electrons. The van der Waals surface area contributed by atoms with Crippen LogP contribution in [-0.4, -0.2) is 50.7 Å². The molecule has 13 heteroatoms. The first-order chi connectivity index (χ1) is 9.69. The molecular formula is C8H8F6O7. The Morgan fingerprint density at radius 3 is 1.38 bits per heavy atom. The van der Waals surface area contributed by atoms with Gasteiger partial charge in [-0.05, 0) is 0 Å². The molecule has 0 spiro atoms. The van der Waals surface area contributed by atoms with E-state index in [1.165, 1.54) is 0 Å². The molecule has 4 unspecified atom stereocenters. The van der Waals surface area contributed by atoms with Gasteiger partial charge in [-0.25, -0.2) is 9.78 Å². The first-order valence-electron chi connectivity index (χ1n) is 5.28. The highest BCUT2D eigenvalue weighted by Gasteiger charge is 2.57. The van der Waals surface area contributed by atoms with Crippen molar-refractivity contribution < 1.29 is 60.1 Å². The van der Waals surface area contributed by atoms with Gasteiger partial charge < -0.3 is 14.2 Å². The van der Waals surface area contributed by atoms with Crippen LogP contribution in [0.3, 0.4) is 0 Å². The van der Waals surface area contributed by atoms with Gasteiger partial charge in [0.25, 0.3) is 0 Å². The van der Waals surface area contributed by atoms with Crippen molar-refractivity contribution in [1.82, 2.24) is 0 Å². The van der Waals surface area contributed by atoms with Gasteiger partial charge in [0.15, 0.2) is 13.6 Å². The summed E-state index contributed by atoms with van der Waals surface area (Å²) >= 11 is 0. The maximum absolute atomic E-state index is 12.8. The second kappa shape index (κ2) is 6.20. The molecule has 0 aromatic carbocycles. The Hall–Kier alpha value is -0.700. The molecule has 0 saturated carbocycles. The Kier molecular flexibility index (Phi) is 4.92. The van der Waals surface area contributed by atoms with Crippen molar-refractivity contribution in [2.75, 3.05) is 13.6 Å². The lowest BCUT2D eigenvalue weighted by molar-refractivity contribution is -0.387. The molecule has 4 atom stereocenters. The third-order valence-electron chi connectivity index (χ3n) is 2.32. The van der Waals surface area contributed by atoms with Crippen molar-refractivity contribution in [2.24, 2.45) is 0 Å². The number of hydrogen-bond donors (Lipinski definition) is 0. The molecule has 7 nitrogen and oxygen atoms in total. The van der Waals surface area contributed by atoms with Gasteiger partial charge in [0.2, 0.25) is 24.8 Å². The average Bonchev–Trinajstić information content (AvgIpc) is 2.96. The van der Waals surface area contributed by atoms with E-state index in [4.69, 9.17) is 0 Å². The molecule has 0 aliphatic carbocycles. The summed E-state index contributed by atoms with van der Waals surface area (Å²) in [7, 11) is 0. The molecule has 2 aliphatic rings. The lowest BCUT2D eigenvalue weighted by Gasteiger charge is -2.30. The molecular weight excluding hydrogens is 322 g/mol. The van der Waals surface area contributed by atoms with Crippen molar-refractivity contribution >= 4 is 0 Å². The summed E-state index contributed by atoms with van der Waals surface area (Å²) in [5.74, 6) is 0. The van der Waals surface area contributed by atoms with Gasteiger partial charge in [-0.1, -0.05) is 0 Å². The maximum atomic E-state index is 12.8. The summed E-state index contributed by atoms with van der Waals surface area (Å²) in [5, 5.41) is 0. The highest BCUT2D eigenvalue weighted by Crippen LogP contribution is 2.36. The van der Waals surface area contributed by atoms with Gasteiger partial charge in [0.1, 0.15) is 0 Å². The third-order valence-corrected chi connectivity index (χ3v) is 2.32. The van der Waals surface area contributed by atoms with Crippen LogP contribution in [0.5, 0.6) is 0 Å². The van der Waals surface area contributed by atoms with E-state index in [1.54, 1.807) is 0 Å². The highest BCUT2D eigenvalue weighted by atomic mass is 19.4. The largest absolute Gasteiger partial charge is 0.419 e. The molecule has 0 aromatic rings. The van der Waals surface area contributed by atoms with Crippen molar-refractivity contribution in [3.05, 3.63) is 0 Å². The van der Waals surface area contributed by atoms with Gasteiger partial charge in [-0.3, -0.25) is 0 Å². The molecule has 2 saturated heterocycles. The zero-order chi connectivity index (χ0) is 15.7. The lowest BCUT2D eigenvalue weighted by Crippen LogP contribution is -2.52. The van der Waals surface area contributed by atoms with Crippen molar-refractivity contribution in [2.45, 2.75) is 37.1 Å². The van der Waals surface area contributed by atoms with Gasteiger partial charge in [0.05, 0.1) is 0 Å². The summed E-state index contributed by atoms with van der Waals surface area (Å²) < 4.78 is 89.5. The molecule has 0 bridgehead atoms. The van der Waals surface area contributed by atoms with Crippen LogP contribution in [0.25, 0.3) is 0 Å². The van der Waals surface area contributed by atoms with E-state index in [1.807, 2.05) is 0 Å². The normalized spacial score (nSPS) is 30.6. The molecule has 21 heavy (non-hydrogen) atoms. The first-order valence-corrected chi connectivity index (χ1v) is 5.28. The zero-order valence-corrected chi connectivity index (χ0v) is 9.85. The van der Waals surface area contributed by atoms with Crippen LogP contribution in [0.15, 0.2) is 0 Å². The van der Waals surface area contributed by atoms with E-state index in [9.17, 15) is 26.3 Å². The molecule has 0 N–H and O–H groups in total. The number of hydrogen-bond acceptors (Lipinski definition) is 7. The van der Waals surface area contributed by atoms with Crippen LogP contribution >= 0.6 is 0 Å². The highest BCUT2D eigenvalue weighted by molar-refractivity contribution is 4.80. The molecule has 0 aromatic heterocycles. The first kappa shape index (κ1) is 16.7. The predicted octanol–water partition coefficient (Wildman–Crippen LogP) is 1.39. The minimum Gasteiger partial charge on any atom is -0.345 e. The minimum atomic E-state index is -5.22. The SMILES string of the molecule is FC(F)(F)C(OC(C1OCOO1)C(F)(F)F)C1OCOO1. The summed E-state index contributed by atoms with van der Waals surface area (Å²) in [4.78, 5) is 16.3. The number of rotatable bonds is 4. The number of halogens is 6. The Morgan fingerprint density at radius 1 is 0.762 bits per heavy atom. The van der Waals surface area contributed by atoms with Gasteiger partial charge in [0, 0.05) is 0 Å². The topological polar surface area (TPSA) is 64.6 Å². The summed E-state index contributed by atoms with van der Waals surface area (Å²) in [6, 6.07) is 0. The van der Waals surface area contributed by atoms with Crippen LogP contribution in [0.2, 0.25) is 0 Å². The van der Waals surface area contributed by atoms with Crippen LogP contribution in [0.4, 0.5) is 26.3 Å². The van der Waals surface area contributed by atoms with Crippen molar-refractivity contribution in [1.29, 1.82) is 0 Å². The van der Waals surface area contributed by atoms with Crippen LogP contribution in [0, 0.1) is 0 Å². The van der Waals surface area contributed by atoms with E-state index in [-0.39, 0.29) is 0 Å². The monoisotopic (exact) mass is 330 g/mol. The van der Waals surface area contributed by atoms with Crippen LogP contribution in [0.1, 0.15) is 0 Å². The van der Waals surface area contributed by atoms with Gasteiger partial charge in [-0.2, -0.15) is 36.1 Å². The Balaban J connectivity index is 2.14. The lowest BCUT2D eigenvalue weighted by atomic mass is 10.2. The van der Waals surface area contributed by atoms with Crippen LogP contribution in [-0.2, 0) is 33.8 Å². The molecule has 2 aliphatic heterocycles. The quantitative estimate of drug-likeness (QED) is 0.570. The summed E-state index contributed by atoms with van der Waals surface area (Å²) in [6.07, 6.45) is -21.0. The smallest absolute Gasteiger partial charge is 0.345 e. The Bertz CT molecular complexity index is 303. The molecule has 2 fully saturated rings. The van der Waals surface area contributed by atoms with Crippen molar-refractivity contribution in [3.63, 3.8) is 0 Å². The van der Waals surface area contributed by atoms with Gasteiger partial charge >= 0.3 is 12.4 Å². The van der Waals surface area contributed by atoms with Crippen LogP contribution < -0.4 is 0 Å². The predicted molar refractivity (Wildman–Crippen MR) is 44.6 cm³/mol. The molecule has 2 rings (SSSR count). The standard InChI is InChI=1S/C8H8F6O7/c9-7(10,11)3(5-15-1-17-20-5)19-4(8(12,13)14)6-16-2-18-21-6/h3-6H,1-2H2. The second-order valence-electron chi connectivity index (χ2n) is 3.79. The molecule has 124 valence electrons. The molecule has 0 amide bonds. The fourth-order valence-corrected chi connectivity index (χ4v) is 1.46. The fourth-order valence-electron chi connectivity index (χ4n) is 1.46. The maximum Gasteiger partial charge on any atom is 0.419 e. The second-order valence-corrected chi connectivity index (χ2v) is 3.79. The summed E-state index contributed by atoms with van der Waals surface area (Å²) in [5.41, 5.74) is 0. The number of ether oxygens (including phenoxy) is 3. The fraction of sp³-hybridized carbons (Fsp3) is 1.00. The Morgan fingerprint density at radius 2 is 1.14 bits per heavy atom. The molecule has 2 heterocycles. The average molecular weight is 330 g/mol.